The van der Waals surface area contributed by atoms with E-state index in [0.29, 0.717) is 43.5 Å². The molecule has 26 heavy (non-hydrogen) atoms. The van der Waals surface area contributed by atoms with E-state index in [1.165, 1.54) is 12.6 Å². The van der Waals surface area contributed by atoms with Gasteiger partial charge in [-0.25, -0.2) is 9.97 Å². The maximum Gasteiger partial charge on any atom is 0.289 e. The maximum absolute atomic E-state index is 12.7. The number of piperazine rings is 1. The number of carbonyl (C=O) groups is 2. The molecule has 1 fully saturated rings. The third-order valence-electron chi connectivity index (χ3n) is 4.31. The molecule has 0 saturated carbocycles. The summed E-state index contributed by atoms with van der Waals surface area (Å²) in [5.74, 6) is 0.689. The molecular weight excluding hydrogens is 334 g/mol. The SMILES string of the molecule is CCCCNc1cc(C(=O)N2CCN(C(=O)c3ccco3)CC2)ncn1. The number of carbonyl (C=O) groups excluding carboxylic acids is 2. The summed E-state index contributed by atoms with van der Waals surface area (Å²) in [6.45, 7) is 4.80. The van der Waals surface area contributed by atoms with Crippen LogP contribution in [0.2, 0.25) is 0 Å². The van der Waals surface area contributed by atoms with Crippen molar-refractivity contribution in [2.75, 3.05) is 38.0 Å². The number of furan rings is 1. The van der Waals surface area contributed by atoms with Crippen molar-refractivity contribution in [3.05, 3.63) is 42.2 Å². The number of amides is 2. The highest BCUT2D eigenvalue weighted by Gasteiger charge is 2.27. The summed E-state index contributed by atoms with van der Waals surface area (Å²) in [6.07, 6.45) is 5.01. The van der Waals surface area contributed by atoms with E-state index in [1.54, 1.807) is 28.0 Å². The molecule has 3 rings (SSSR count). The van der Waals surface area contributed by atoms with Crippen molar-refractivity contribution in [2.24, 2.45) is 0 Å². The first-order chi connectivity index (χ1) is 12.7. The molecule has 2 aromatic heterocycles. The van der Waals surface area contributed by atoms with Crippen LogP contribution >= 0.6 is 0 Å². The normalized spacial score (nSPS) is 14.3. The smallest absolute Gasteiger partial charge is 0.289 e. The summed E-state index contributed by atoms with van der Waals surface area (Å²) in [7, 11) is 0. The molecule has 3 heterocycles. The van der Waals surface area contributed by atoms with E-state index in [1.807, 2.05) is 0 Å². The van der Waals surface area contributed by atoms with E-state index in [-0.39, 0.29) is 11.8 Å². The van der Waals surface area contributed by atoms with Crippen LogP contribution in [0.15, 0.2) is 35.2 Å². The predicted molar refractivity (Wildman–Crippen MR) is 95.9 cm³/mol. The minimum atomic E-state index is -0.147. The monoisotopic (exact) mass is 357 g/mol. The maximum atomic E-state index is 12.7. The second kappa shape index (κ2) is 8.46. The zero-order valence-electron chi connectivity index (χ0n) is 14.9. The Labute approximate surface area is 152 Å². The highest BCUT2D eigenvalue weighted by atomic mass is 16.3. The average molecular weight is 357 g/mol. The fraction of sp³-hybridized carbons (Fsp3) is 0.444. The minimum Gasteiger partial charge on any atom is -0.459 e. The van der Waals surface area contributed by atoms with Gasteiger partial charge in [-0.1, -0.05) is 13.3 Å². The van der Waals surface area contributed by atoms with Crippen molar-refractivity contribution >= 4 is 17.6 Å². The zero-order chi connectivity index (χ0) is 18.4. The Morgan fingerprint density at radius 1 is 1.15 bits per heavy atom. The van der Waals surface area contributed by atoms with Crippen LogP contribution in [0.5, 0.6) is 0 Å². The molecule has 1 aliphatic heterocycles. The topological polar surface area (TPSA) is 91.6 Å². The van der Waals surface area contributed by atoms with Crippen molar-refractivity contribution in [2.45, 2.75) is 19.8 Å². The number of nitrogens with zero attached hydrogens (tertiary/aromatic N) is 4. The third kappa shape index (κ3) is 4.19. The van der Waals surface area contributed by atoms with Gasteiger partial charge in [0.1, 0.15) is 17.8 Å². The molecule has 138 valence electrons. The van der Waals surface area contributed by atoms with E-state index >= 15 is 0 Å². The lowest BCUT2D eigenvalue weighted by Gasteiger charge is -2.34. The van der Waals surface area contributed by atoms with Crippen molar-refractivity contribution in [1.82, 2.24) is 19.8 Å². The quantitative estimate of drug-likeness (QED) is 0.794. The van der Waals surface area contributed by atoms with Crippen LogP contribution in [0.4, 0.5) is 5.82 Å². The van der Waals surface area contributed by atoms with Gasteiger partial charge >= 0.3 is 0 Å². The summed E-state index contributed by atoms with van der Waals surface area (Å²) in [5.41, 5.74) is 0.366. The van der Waals surface area contributed by atoms with E-state index < -0.39 is 0 Å². The van der Waals surface area contributed by atoms with E-state index in [4.69, 9.17) is 4.42 Å². The Bertz CT molecular complexity index is 739. The van der Waals surface area contributed by atoms with Crippen molar-refractivity contribution < 1.29 is 14.0 Å². The molecular formula is C18H23N5O3. The molecule has 0 atom stereocenters. The van der Waals surface area contributed by atoms with Gasteiger partial charge in [-0.15, -0.1) is 0 Å². The van der Waals surface area contributed by atoms with Gasteiger partial charge in [0.05, 0.1) is 6.26 Å². The van der Waals surface area contributed by atoms with Crippen molar-refractivity contribution in [3.63, 3.8) is 0 Å². The van der Waals surface area contributed by atoms with E-state index in [2.05, 4.69) is 22.2 Å². The molecule has 1 saturated heterocycles. The summed E-state index contributed by atoms with van der Waals surface area (Å²) < 4.78 is 5.15. The minimum absolute atomic E-state index is 0.143. The van der Waals surface area contributed by atoms with Crippen molar-refractivity contribution in [1.29, 1.82) is 0 Å². The number of unbranched alkanes of at least 4 members (excludes halogenated alkanes) is 1. The van der Waals surface area contributed by atoms with Gasteiger partial charge in [0.15, 0.2) is 5.76 Å². The largest absolute Gasteiger partial charge is 0.459 e. The second-order valence-corrected chi connectivity index (χ2v) is 6.13. The average Bonchev–Trinajstić information content (AvgIpc) is 3.22. The molecule has 0 aliphatic carbocycles. The molecule has 1 N–H and O–H groups in total. The van der Waals surface area contributed by atoms with Gasteiger partial charge in [-0.2, -0.15) is 0 Å². The standard InChI is InChI=1S/C18H23N5O3/c1-2-3-6-19-16-12-14(20-13-21-16)17(24)22-7-9-23(10-8-22)18(25)15-5-4-11-26-15/h4-5,11-13H,2-3,6-10H2,1H3,(H,19,20,21). The first-order valence-electron chi connectivity index (χ1n) is 8.87. The first-order valence-corrected chi connectivity index (χ1v) is 8.87. The van der Waals surface area contributed by atoms with Crippen LogP contribution < -0.4 is 5.32 Å². The van der Waals surface area contributed by atoms with Crippen LogP contribution in [0.1, 0.15) is 40.8 Å². The Kier molecular flexibility index (Phi) is 5.83. The fourth-order valence-electron chi connectivity index (χ4n) is 2.79. The molecule has 0 aromatic carbocycles. The highest BCUT2D eigenvalue weighted by molar-refractivity contribution is 5.94. The van der Waals surface area contributed by atoms with Crippen LogP contribution in [0.25, 0.3) is 0 Å². The Morgan fingerprint density at radius 2 is 1.88 bits per heavy atom. The third-order valence-corrected chi connectivity index (χ3v) is 4.31. The predicted octanol–water partition coefficient (Wildman–Crippen LogP) is 1.88. The lowest BCUT2D eigenvalue weighted by Crippen LogP contribution is -2.50. The lowest BCUT2D eigenvalue weighted by atomic mass is 10.2. The van der Waals surface area contributed by atoms with Crippen LogP contribution in [-0.2, 0) is 0 Å². The van der Waals surface area contributed by atoms with Gasteiger partial charge < -0.3 is 19.5 Å². The van der Waals surface area contributed by atoms with Gasteiger partial charge in [0.2, 0.25) is 0 Å². The Hall–Kier alpha value is -2.90. The summed E-state index contributed by atoms with van der Waals surface area (Å²) in [4.78, 5) is 36.6. The Morgan fingerprint density at radius 3 is 2.54 bits per heavy atom. The van der Waals surface area contributed by atoms with Gasteiger partial charge in [0, 0.05) is 38.8 Å². The summed E-state index contributed by atoms with van der Waals surface area (Å²) >= 11 is 0. The molecule has 0 unspecified atom stereocenters. The zero-order valence-corrected chi connectivity index (χ0v) is 14.9. The van der Waals surface area contributed by atoms with Crippen LogP contribution in [-0.4, -0.2) is 64.3 Å². The molecule has 1 aliphatic rings. The summed E-state index contributed by atoms with van der Waals surface area (Å²) in [5, 5.41) is 3.20. The molecule has 0 spiro atoms. The second-order valence-electron chi connectivity index (χ2n) is 6.13. The number of hydrogen-bond acceptors (Lipinski definition) is 6. The molecule has 8 heteroatoms. The Balaban J connectivity index is 1.56. The molecule has 2 amide bonds. The van der Waals surface area contributed by atoms with Gasteiger partial charge in [-0.05, 0) is 18.6 Å². The fourth-order valence-corrected chi connectivity index (χ4v) is 2.79. The molecule has 8 nitrogen and oxygen atoms in total. The number of anilines is 1. The first kappa shape index (κ1) is 17.9. The van der Waals surface area contributed by atoms with Crippen molar-refractivity contribution in [3.8, 4) is 0 Å². The van der Waals surface area contributed by atoms with E-state index in [9.17, 15) is 9.59 Å². The number of hydrogen-bond donors (Lipinski definition) is 1. The summed E-state index contributed by atoms with van der Waals surface area (Å²) in [6, 6.07) is 5.01. The van der Waals surface area contributed by atoms with Crippen LogP contribution in [0, 0.1) is 0 Å². The number of aromatic nitrogens is 2. The van der Waals surface area contributed by atoms with Gasteiger partial charge in [0.25, 0.3) is 11.8 Å². The number of rotatable bonds is 6. The molecule has 0 bridgehead atoms. The molecule has 2 aromatic rings. The number of nitrogens with one attached hydrogen (secondary N) is 1. The van der Waals surface area contributed by atoms with Gasteiger partial charge in [-0.3, -0.25) is 9.59 Å². The van der Waals surface area contributed by atoms with E-state index in [0.717, 1.165) is 19.4 Å². The van der Waals surface area contributed by atoms with Crippen LogP contribution in [0.3, 0.4) is 0 Å². The lowest BCUT2D eigenvalue weighted by molar-refractivity contribution is 0.0515. The molecule has 0 radical (unpaired) electrons. The highest BCUT2D eigenvalue weighted by Crippen LogP contribution is 2.12.